The predicted octanol–water partition coefficient (Wildman–Crippen LogP) is 5.46. The Hall–Kier alpha value is -5.45. The summed E-state index contributed by atoms with van der Waals surface area (Å²) in [4.78, 5) is 18.7. The summed E-state index contributed by atoms with van der Waals surface area (Å²) in [6.07, 6.45) is 0. The molecule has 0 bridgehead atoms. The molecule has 5 aromatic rings. The molecule has 1 heterocycles. The van der Waals surface area contributed by atoms with Crippen LogP contribution in [-0.2, 0) is 21.4 Å². The molecule has 6 rings (SSSR count). The number of amidine groups is 1. The molecule has 0 aromatic heterocycles. The van der Waals surface area contributed by atoms with E-state index in [1.807, 2.05) is 83.8 Å². The lowest BCUT2D eigenvalue weighted by atomic mass is 9.99. The van der Waals surface area contributed by atoms with Crippen LogP contribution in [0.25, 0.3) is 11.1 Å². The molecule has 232 valence electrons. The summed E-state index contributed by atoms with van der Waals surface area (Å²) in [6, 6.07) is 37.9. The molecule has 5 aromatic carbocycles. The number of carbonyl (C=O) groups is 1. The fraction of sp³-hybridized carbons (Fsp3) is 0.111. The third kappa shape index (κ3) is 6.35. The summed E-state index contributed by atoms with van der Waals surface area (Å²) in [5, 5.41) is 13.6. The zero-order chi connectivity index (χ0) is 32.3. The maximum atomic E-state index is 14.9. The van der Waals surface area contributed by atoms with E-state index < -0.39 is 16.1 Å². The van der Waals surface area contributed by atoms with Crippen LogP contribution >= 0.6 is 0 Å². The normalized spacial score (nSPS) is 13.3. The van der Waals surface area contributed by atoms with Gasteiger partial charge in [-0.25, -0.2) is 13.6 Å². The molecule has 0 saturated carbocycles. The maximum Gasteiger partial charge on any atom is 0.254 e. The van der Waals surface area contributed by atoms with Crippen LogP contribution in [0.1, 0.15) is 22.7 Å². The van der Waals surface area contributed by atoms with Gasteiger partial charge in [-0.3, -0.25) is 10.2 Å². The number of anilines is 2. The number of hydrogen-bond acceptors (Lipinski definition) is 6. The molecule has 0 fully saturated rings. The lowest BCUT2D eigenvalue weighted by Crippen LogP contribution is -2.46. The minimum Gasteiger partial charge on any atom is -0.490 e. The van der Waals surface area contributed by atoms with Gasteiger partial charge in [-0.2, -0.15) is 0 Å². The highest BCUT2D eigenvalue weighted by Gasteiger charge is 2.35. The summed E-state index contributed by atoms with van der Waals surface area (Å²) in [5.41, 5.74) is 10.6. The van der Waals surface area contributed by atoms with Gasteiger partial charge in [-0.1, -0.05) is 97.1 Å². The number of nitrogens with two attached hydrogens (primary N) is 2. The van der Waals surface area contributed by atoms with E-state index in [1.54, 1.807) is 47.4 Å². The third-order valence-electron chi connectivity index (χ3n) is 7.94. The molecule has 1 aliphatic heterocycles. The first kappa shape index (κ1) is 30.6. The molecule has 9 nitrogen and oxygen atoms in total. The molecular weight excluding hydrogens is 598 g/mol. The maximum absolute atomic E-state index is 14.9. The first-order chi connectivity index (χ1) is 22.2. The number of hydrogen-bond donors (Lipinski definition) is 3. The van der Waals surface area contributed by atoms with Gasteiger partial charge < -0.3 is 20.3 Å². The molecule has 5 N–H and O–H groups in total. The Balaban J connectivity index is 1.45. The first-order valence-corrected chi connectivity index (χ1v) is 16.3. The lowest BCUT2D eigenvalue weighted by Gasteiger charge is -2.38. The monoisotopic (exact) mass is 631 g/mol. The number of nitrogen functional groups attached to an aromatic ring is 1. The summed E-state index contributed by atoms with van der Waals surface area (Å²) in [6.45, 7) is 0.974. The van der Waals surface area contributed by atoms with Crippen LogP contribution in [0, 0.1) is 5.41 Å². The van der Waals surface area contributed by atoms with Gasteiger partial charge in [0.15, 0.2) is 0 Å². The van der Waals surface area contributed by atoms with Crippen LogP contribution in [0.15, 0.2) is 132 Å². The smallest absolute Gasteiger partial charge is 0.254 e. The topological polar surface area (TPSA) is 143 Å². The van der Waals surface area contributed by atoms with Gasteiger partial charge in [0.2, 0.25) is 10.0 Å². The van der Waals surface area contributed by atoms with Crippen molar-refractivity contribution in [2.24, 2.45) is 10.9 Å². The molecule has 1 unspecified atom stereocenters. The van der Waals surface area contributed by atoms with Gasteiger partial charge in [0.25, 0.3) is 5.91 Å². The molecule has 0 saturated heterocycles. The Labute approximate surface area is 268 Å². The first-order valence-electron chi connectivity index (χ1n) is 14.7. The van der Waals surface area contributed by atoms with Crippen molar-refractivity contribution >= 4 is 33.1 Å². The number of nitrogens with one attached hydrogen (secondary N) is 1. The van der Waals surface area contributed by atoms with E-state index >= 15 is 0 Å². The second kappa shape index (κ2) is 12.9. The average Bonchev–Trinajstić information content (AvgIpc) is 3.08. The summed E-state index contributed by atoms with van der Waals surface area (Å²) in [7, 11) is -3.97. The van der Waals surface area contributed by atoms with E-state index in [0.717, 1.165) is 16.8 Å². The van der Waals surface area contributed by atoms with Crippen molar-refractivity contribution < 1.29 is 17.9 Å². The van der Waals surface area contributed by atoms with Crippen molar-refractivity contribution in [3.8, 4) is 16.9 Å². The Bertz CT molecular complexity index is 2000. The van der Waals surface area contributed by atoms with Crippen molar-refractivity contribution in [1.82, 2.24) is 0 Å². The number of fused-ring (bicyclic) bond motifs is 1. The van der Waals surface area contributed by atoms with Crippen LogP contribution in [-0.4, -0.2) is 33.3 Å². The number of ether oxygens (including phenoxy) is 1. The molecule has 1 aliphatic rings. The number of nitrogens with zero attached hydrogens (tertiary/aromatic N) is 2. The van der Waals surface area contributed by atoms with Gasteiger partial charge in [-0.05, 0) is 47.0 Å². The van der Waals surface area contributed by atoms with E-state index in [2.05, 4.69) is 0 Å². The lowest BCUT2D eigenvalue weighted by molar-refractivity contribution is -0.120. The van der Waals surface area contributed by atoms with E-state index in [1.165, 1.54) is 6.07 Å². The number of amides is 1. The number of sulfonamides is 1. The van der Waals surface area contributed by atoms with Gasteiger partial charge in [-0.15, -0.1) is 0 Å². The van der Waals surface area contributed by atoms with Crippen LogP contribution in [0.5, 0.6) is 5.75 Å². The van der Waals surface area contributed by atoms with Gasteiger partial charge in [0.1, 0.15) is 24.2 Å². The fourth-order valence-corrected chi connectivity index (χ4v) is 6.53. The predicted molar refractivity (Wildman–Crippen MR) is 180 cm³/mol. The molecule has 1 amide bonds. The molecule has 1 atom stereocenters. The highest BCUT2D eigenvalue weighted by Crippen LogP contribution is 2.40. The second-order valence-electron chi connectivity index (χ2n) is 11.0. The molecule has 0 spiro atoms. The minimum atomic E-state index is -3.97. The Morgan fingerprint density at radius 3 is 2.28 bits per heavy atom. The molecular formula is C36H33N5O4S. The van der Waals surface area contributed by atoms with Gasteiger partial charge >= 0.3 is 0 Å². The van der Waals surface area contributed by atoms with Crippen LogP contribution in [0.2, 0.25) is 0 Å². The number of carbonyl (C=O) groups excluding carboxylic acids is 1. The van der Waals surface area contributed by atoms with Crippen molar-refractivity contribution in [2.75, 3.05) is 23.0 Å². The van der Waals surface area contributed by atoms with E-state index in [0.29, 0.717) is 41.2 Å². The highest BCUT2D eigenvalue weighted by atomic mass is 32.2. The summed E-state index contributed by atoms with van der Waals surface area (Å²) in [5.74, 6) is 0.227. The van der Waals surface area contributed by atoms with Crippen molar-refractivity contribution in [3.05, 3.63) is 144 Å². The number of rotatable bonds is 9. The van der Waals surface area contributed by atoms with Crippen LogP contribution < -0.4 is 25.4 Å². The Kier molecular flexibility index (Phi) is 8.56. The average molecular weight is 632 g/mol. The molecule has 46 heavy (non-hydrogen) atoms. The zero-order valence-corrected chi connectivity index (χ0v) is 25.7. The Morgan fingerprint density at radius 2 is 1.57 bits per heavy atom. The van der Waals surface area contributed by atoms with Crippen LogP contribution in [0.3, 0.4) is 0 Å². The van der Waals surface area contributed by atoms with Crippen molar-refractivity contribution in [1.29, 1.82) is 5.41 Å². The van der Waals surface area contributed by atoms with Gasteiger partial charge in [0.05, 0.1) is 17.1 Å². The second-order valence-corrected chi connectivity index (χ2v) is 12.5. The summed E-state index contributed by atoms with van der Waals surface area (Å²) >= 11 is 0. The van der Waals surface area contributed by atoms with Gasteiger partial charge in [0, 0.05) is 23.4 Å². The van der Waals surface area contributed by atoms with E-state index in [4.69, 9.17) is 21.0 Å². The summed E-state index contributed by atoms with van der Waals surface area (Å²) < 4.78 is 30.6. The third-order valence-corrected chi connectivity index (χ3v) is 8.91. The standard InChI is InChI=1S/C36H33N5O4S/c37-35(38)28-14-9-15-29(22-28)41(24-25-10-3-1-4-11-25)34(26-12-5-2-6-13-26)36(42)40-20-21-45-32-23-27(18-19-31(32)40)30-16-7-8-17-33(30)46(39,43)44/h1-19,22-23,34H,20-21,24H2,(H3,37,38)(H2,39,43,44). The number of primary sulfonamides is 1. The van der Waals surface area contributed by atoms with Crippen LogP contribution in [0.4, 0.5) is 11.4 Å². The Morgan fingerprint density at radius 1 is 0.870 bits per heavy atom. The highest BCUT2D eigenvalue weighted by molar-refractivity contribution is 7.89. The molecule has 0 radical (unpaired) electrons. The zero-order valence-electron chi connectivity index (χ0n) is 24.9. The quantitative estimate of drug-likeness (QED) is 0.146. The van der Waals surface area contributed by atoms with Crippen molar-refractivity contribution in [2.45, 2.75) is 17.5 Å². The fourth-order valence-electron chi connectivity index (χ4n) is 5.77. The minimum absolute atomic E-state index is 0.00665. The van der Waals surface area contributed by atoms with Crippen molar-refractivity contribution in [3.63, 3.8) is 0 Å². The molecule has 0 aliphatic carbocycles. The molecule has 10 heteroatoms. The SMILES string of the molecule is N=C(N)c1cccc(N(Cc2ccccc2)C(C(=O)N2CCOc3cc(-c4ccccc4S(N)(=O)=O)ccc32)c2ccccc2)c1. The van der Waals surface area contributed by atoms with E-state index in [9.17, 15) is 13.2 Å². The number of benzene rings is 5. The van der Waals surface area contributed by atoms with E-state index in [-0.39, 0.29) is 23.2 Å². The largest absolute Gasteiger partial charge is 0.490 e.